The molecule has 0 aliphatic carbocycles. The molecule has 4 rings (SSSR count). The second-order valence-electron chi connectivity index (χ2n) is 8.50. The number of likely N-dealkylation sites (tertiary alicyclic amines) is 1. The van der Waals surface area contributed by atoms with Gasteiger partial charge in [0.15, 0.2) is 5.43 Å². The van der Waals surface area contributed by atoms with Crippen molar-refractivity contribution < 1.29 is 23.9 Å². The molecule has 9 nitrogen and oxygen atoms in total. The summed E-state index contributed by atoms with van der Waals surface area (Å²) in [6, 6.07) is 13.8. The molecule has 1 aromatic heterocycles. The minimum atomic E-state index is -1.01. The van der Waals surface area contributed by atoms with Gasteiger partial charge in [-0.1, -0.05) is 29.8 Å². The second kappa shape index (κ2) is 10.8. The molecule has 1 saturated heterocycles. The van der Waals surface area contributed by atoms with E-state index in [1.54, 1.807) is 51.9 Å². The third kappa shape index (κ3) is 5.21. The van der Waals surface area contributed by atoms with Gasteiger partial charge in [0.05, 0.1) is 24.7 Å². The van der Waals surface area contributed by atoms with Crippen LogP contribution in [0.3, 0.4) is 0 Å². The molecule has 0 spiro atoms. The molecule has 2 heterocycles. The number of hydrogen-bond donors (Lipinski definition) is 1. The molecule has 2 amide bonds. The molecule has 1 aliphatic rings. The number of amides is 2. The van der Waals surface area contributed by atoms with Gasteiger partial charge in [-0.15, -0.1) is 0 Å². The average Bonchev–Trinajstić information content (AvgIpc) is 2.88. The maximum atomic E-state index is 13.5. The Labute approximate surface area is 212 Å². The summed E-state index contributed by atoms with van der Waals surface area (Å²) in [6.07, 6.45) is 0.0487. The van der Waals surface area contributed by atoms with E-state index in [0.717, 1.165) is 0 Å². The first kappa shape index (κ1) is 25.2. The number of para-hydroxylation sites is 1. The Morgan fingerprint density at radius 2 is 1.78 bits per heavy atom. The zero-order valence-corrected chi connectivity index (χ0v) is 20.7. The van der Waals surface area contributed by atoms with Crippen LogP contribution in [0.25, 0.3) is 16.6 Å². The minimum Gasteiger partial charge on any atom is -0.437 e. The number of ether oxygens (including phenoxy) is 2. The van der Waals surface area contributed by atoms with Crippen molar-refractivity contribution in [3.63, 3.8) is 0 Å². The smallest absolute Gasteiger partial charge is 0.437 e. The van der Waals surface area contributed by atoms with Gasteiger partial charge in [0.2, 0.25) is 17.7 Å². The molecule has 1 fully saturated rings. The molecule has 10 heteroatoms. The second-order valence-corrected chi connectivity index (χ2v) is 8.94. The number of rotatable bonds is 5. The predicted molar refractivity (Wildman–Crippen MR) is 134 cm³/mol. The van der Waals surface area contributed by atoms with Crippen LogP contribution < -0.4 is 15.5 Å². The Morgan fingerprint density at radius 1 is 1.08 bits per heavy atom. The van der Waals surface area contributed by atoms with E-state index in [0.29, 0.717) is 47.5 Å². The molecular weight excluding hydrogens is 486 g/mol. The number of carbonyl (C=O) groups excluding carboxylic acids is 3. The van der Waals surface area contributed by atoms with Gasteiger partial charge in [0, 0.05) is 42.0 Å². The van der Waals surface area contributed by atoms with Crippen LogP contribution in [-0.4, -0.2) is 47.6 Å². The molecule has 0 saturated carbocycles. The van der Waals surface area contributed by atoms with E-state index in [9.17, 15) is 19.2 Å². The van der Waals surface area contributed by atoms with Crippen LogP contribution in [-0.2, 0) is 20.9 Å². The summed E-state index contributed by atoms with van der Waals surface area (Å²) in [5.41, 5.74) is 0.741. The number of fused-ring (bicyclic) bond motifs is 1. The fourth-order valence-electron chi connectivity index (χ4n) is 4.38. The quantitative estimate of drug-likeness (QED) is 0.524. The van der Waals surface area contributed by atoms with Crippen molar-refractivity contribution in [2.24, 2.45) is 5.92 Å². The van der Waals surface area contributed by atoms with E-state index >= 15 is 0 Å². The van der Waals surface area contributed by atoms with E-state index in [-0.39, 0.29) is 35.7 Å². The zero-order valence-electron chi connectivity index (χ0n) is 20.0. The molecule has 1 N–H and O–H groups in total. The third-order valence-electron chi connectivity index (χ3n) is 6.29. The van der Waals surface area contributed by atoms with Crippen molar-refractivity contribution >= 4 is 40.5 Å². The van der Waals surface area contributed by atoms with Crippen LogP contribution in [0.2, 0.25) is 5.02 Å². The monoisotopic (exact) mass is 511 g/mol. The largest absolute Gasteiger partial charge is 0.514 e. The Balaban J connectivity index is 1.76. The summed E-state index contributed by atoms with van der Waals surface area (Å²) < 4.78 is 11.8. The lowest BCUT2D eigenvalue weighted by atomic mass is 9.96. The highest BCUT2D eigenvalue weighted by Gasteiger charge is 2.28. The Morgan fingerprint density at radius 3 is 2.42 bits per heavy atom. The molecule has 36 heavy (non-hydrogen) atoms. The number of halogens is 1. The topological polar surface area (TPSA) is 107 Å². The number of hydrogen-bond acceptors (Lipinski definition) is 6. The van der Waals surface area contributed by atoms with Crippen molar-refractivity contribution in [3.8, 4) is 11.6 Å². The normalized spacial score (nSPS) is 13.9. The van der Waals surface area contributed by atoms with Crippen LogP contribution in [0.5, 0.6) is 5.88 Å². The lowest BCUT2D eigenvalue weighted by Crippen LogP contribution is -2.42. The highest BCUT2D eigenvalue weighted by atomic mass is 35.5. The number of methoxy groups -OCH3 is 1. The average molecular weight is 512 g/mol. The molecular formula is C26H26ClN3O6. The van der Waals surface area contributed by atoms with E-state index in [4.69, 9.17) is 21.1 Å². The fourth-order valence-corrected chi connectivity index (χ4v) is 4.55. The molecule has 2 aromatic carbocycles. The molecule has 188 valence electrons. The van der Waals surface area contributed by atoms with Gasteiger partial charge in [-0.25, -0.2) is 4.79 Å². The number of nitrogens with one attached hydrogen (secondary N) is 1. The number of pyridine rings is 1. The van der Waals surface area contributed by atoms with Gasteiger partial charge in [0.1, 0.15) is 0 Å². The standard InChI is InChI=1S/C26H26ClN3O6/c1-16(31)29-12-10-17(11-13-29)24(33)28-15-21-23(32)20-9-8-18(27)14-22(20)30(19-6-4-3-5-7-19)25(21)36-26(34)35-2/h3-9,14,17H,10-13,15H2,1-2H3,(H,28,33). The summed E-state index contributed by atoms with van der Waals surface area (Å²) >= 11 is 6.24. The summed E-state index contributed by atoms with van der Waals surface area (Å²) in [7, 11) is 1.17. The highest BCUT2D eigenvalue weighted by Crippen LogP contribution is 2.30. The third-order valence-corrected chi connectivity index (χ3v) is 6.53. The Bertz CT molecular complexity index is 1360. The Hall–Kier alpha value is -3.85. The first-order valence-electron chi connectivity index (χ1n) is 11.5. The van der Waals surface area contributed by atoms with E-state index < -0.39 is 11.6 Å². The summed E-state index contributed by atoms with van der Waals surface area (Å²) in [4.78, 5) is 52.0. The lowest BCUT2D eigenvalue weighted by molar-refractivity contribution is -0.134. The number of carbonyl (C=O) groups is 3. The molecule has 0 radical (unpaired) electrons. The highest BCUT2D eigenvalue weighted by molar-refractivity contribution is 6.31. The molecule has 0 bridgehead atoms. The van der Waals surface area contributed by atoms with Crippen molar-refractivity contribution in [1.29, 1.82) is 0 Å². The minimum absolute atomic E-state index is 0.0174. The maximum absolute atomic E-state index is 13.5. The van der Waals surface area contributed by atoms with Crippen LogP contribution >= 0.6 is 11.6 Å². The molecule has 3 aromatic rings. The van der Waals surface area contributed by atoms with Crippen molar-refractivity contribution in [1.82, 2.24) is 14.8 Å². The first-order valence-corrected chi connectivity index (χ1v) is 11.9. The molecule has 0 atom stereocenters. The number of benzene rings is 2. The van der Waals surface area contributed by atoms with Crippen LogP contribution in [0.4, 0.5) is 4.79 Å². The van der Waals surface area contributed by atoms with E-state index in [2.05, 4.69) is 5.32 Å². The lowest BCUT2D eigenvalue weighted by Gasteiger charge is -2.30. The summed E-state index contributed by atoms with van der Waals surface area (Å²) in [5.74, 6) is -0.610. The van der Waals surface area contributed by atoms with E-state index in [1.165, 1.54) is 14.0 Å². The molecule has 1 aliphatic heterocycles. The predicted octanol–water partition coefficient (Wildman–Crippen LogP) is 3.66. The number of piperidine rings is 1. The van der Waals surface area contributed by atoms with Gasteiger partial charge >= 0.3 is 6.16 Å². The van der Waals surface area contributed by atoms with Gasteiger partial charge in [-0.05, 0) is 43.2 Å². The van der Waals surface area contributed by atoms with Crippen molar-refractivity contribution in [2.75, 3.05) is 20.2 Å². The van der Waals surface area contributed by atoms with E-state index in [1.807, 2.05) is 6.07 Å². The fraction of sp³-hybridized carbons (Fsp3) is 0.308. The molecule has 0 unspecified atom stereocenters. The maximum Gasteiger partial charge on any atom is 0.514 e. The van der Waals surface area contributed by atoms with Crippen LogP contribution in [0.1, 0.15) is 25.3 Å². The van der Waals surface area contributed by atoms with Crippen LogP contribution in [0, 0.1) is 5.92 Å². The Kier molecular flexibility index (Phi) is 7.59. The van der Waals surface area contributed by atoms with Gasteiger partial charge < -0.3 is 19.7 Å². The van der Waals surface area contributed by atoms with Gasteiger partial charge in [0.25, 0.3) is 0 Å². The SMILES string of the molecule is COC(=O)Oc1c(CNC(=O)C2CCN(C(C)=O)CC2)c(=O)c2ccc(Cl)cc2n1-c1ccccc1. The summed E-state index contributed by atoms with van der Waals surface area (Å²) in [6.45, 7) is 2.35. The number of aromatic nitrogens is 1. The van der Waals surface area contributed by atoms with Gasteiger partial charge in [-0.2, -0.15) is 0 Å². The zero-order chi connectivity index (χ0) is 25.8. The van der Waals surface area contributed by atoms with Crippen molar-refractivity contribution in [2.45, 2.75) is 26.3 Å². The van der Waals surface area contributed by atoms with Crippen LogP contribution in [0.15, 0.2) is 53.3 Å². The number of nitrogens with zero attached hydrogens (tertiary/aromatic N) is 2. The van der Waals surface area contributed by atoms with Gasteiger partial charge in [-0.3, -0.25) is 19.0 Å². The first-order chi connectivity index (χ1) is 17.3. The van der Waals surface area contributed by atoms with Crippen molar-refractivity contribution in [3.05, 3.63) is 69.3 Å². The summed E-state index contributed by atoms with van der Waals surface area (Å²) in [5, 5.41) is 3.57.